The van der Waals surface area contributed by atoms with E-state index in [4.69, 9.17) is 4.74 Å². The van der Waals surface area contributed by atoms with Crippen LogP contribution in [0.2, 0.25) is 0 Å². The summed E-state index contributed by atoms with van der Waals surface area (Å²) in [4.78, 5) is 0. The van der Waals surface area contributed by atoms with Gasteiger partial charge >= 0.3 is 0 Å². The van der Waals surface area contributed by atoms with Crippen molar-refractivity contribution in [2.24, 2.45) is 0 Å². The number of hydrogen-bond acceptors (Lipinski definition) is 2. The van der Waals surface area contributed by atoms with Crippen LogP contribution in [0.5, 0.6) is 5.75 Å². The molecule has 0 amide bonds. The van der Waals surface area contributed by atoms with Crippen LogP contribution in [0.4, 0.5) is 0 Å². The summed E-state index contributed by atoms with van der Waals surface area (Å²) in [5.74, 6) is 0.734. The van der Waals surface area contributed by atoms with Crippen LogP contribution in [0.25, 0.3) is 0 Å². The molecular formula is C14H10Br2O2. The second-order valence-electron chi connectivity index (χ2n) is 4.22. The lowest BCUT2D eigenvalue weighted by atomic mass is 9.98. The van der Waals surface area contributed by atoms with Gasteiger partial charge in [-0.2, -0.15) is 0 Å². The normalized spacial score (nSPS) is 17.4. The fourth-order valence-corrected chi connectivity index (χ4v) is 2.90. The molecule has 3 rings (SSSR count). The first-order valence-corrected chi connectivity index (χ1v) is 7.12. The second-order valence-corrected chi connectivity index (χ2v) is 6.05. The van der Waals surface area contributed by atoms with Crippen LogP contribution in [0.3, 0.4) is 0 Å². The van der Waals surface area contributed by atoms with E-state index in [-0.39, 0.29) is 0 Å². The van der Waals surface area contributed by atoms with Crippen molar-refractivity contribution in [3.8, 4) is 5.75 Å². The third kappa shape index (κ3) is 2.09. The zero-order chi connectivity index (χ0) is 12.7. The van der Waals surface area contributed by atoms with Crippen molar-refractivity contribution in [1.29, 1.82) is 0 Å². The van der Waals surface area contributed by atoms with Gasteiger partial charge in [0.1, 0.15) is 18.5 Å². The predicted molar refractivity (Wildman–Crippen MR) is 76.7 cm³/mol. The number of aliphatic hydroxyl groups is 1. The minimum Gasteiger partial charge on any atom is -0.488 e. The van der Waals surface area contributed by atoms with Gasteiger partial charge in [-0.3, -0.25) is 0 Å². The SMILES string of the molecule is OC1c2cc(Br)ccc2COc2ccc(Br)cc21. The zero-order valence-corrected chi connectivity index (χ0v) is 12.5. The van der Waals surface area contributed by atoms with Gasteiger partial charge < -0.3 is 9.84 Å². The summed E-state index contributed by atoms with van der Waals surface area (Å²) < 4.78 is 7.63. The Balaban J connectivity index is 2.18. The first-order valence-electron chi connectivity index (χ1n) is 5.54. The fourth-order valence-electron chi connectivity index (χ4n) is 2.14. The highest BCUT2D eigenvalue weighted by Crippen LogP contribution is 2.38. The first-order chi connectivity index (χ1) is 8.65. The molecule has 0 aliphatic carbocycles. The third-order valence-corrected chi connectivity index (χ3v) is 4.04. The van der Waals surface area contributed by atoms with Gasteiger partial charge in [0.15, 0.2) is 0 Å². The van der Waals surface area contributed by atoms with E-state index in [1.54, 1.807) is 0 Å². The van der Waals surface area contributed by atoms with E-state index < -0.39 is 6.10 Å². The molecule has 92 valence electrons. The molecule has 1 N–H and O–H groups in total. The number of halogens is 2. The van der Waals surface area contributed by atoms with Crippen molar-refractivity contribution in [3.63, 3.8) is 0 Å². The van der Waals surface area contributed by atoms with Gasteiger partial charge in [-0.05, 0) is 41.5 Å². The minimum absolute atomic E-state index is 0.480. The molecule has 0 saturated carbocycles. The quantitative estimate of drug-likeness (QED) is 0.754. The summed E-state index contributed by atoms with van der Waals surface area (Å²) >= 11 is 6.86. The summed E-state index contributed by atoms with van der Waals surface area (Å²) in [6.07, 6.45) is -0.660. The Hall–Kier alpha value is -0.840. The van der Waals surface area contributed by atoms with Crippen molar-refractivity contribution < 1.29 is 9.84 Å². The van der Waals surface area contributed by atoms with E-state index in [0.717, 1.165) is 31.4 Å². The summed E-state index contributed by atoms with van der Waals surface area (Å²) in [5.41, 5.74) is 2.69. The highest BCUT2D eigenvalue weighted by Gasteiger charge is 2.23. The molecule has 0 fully saturated rings. The fraction of sp³-hybridized carbons (Fsp3) is 0.143. The molecule has 1 unspecified atom stereocenters. The molecule has 4 heteroatoms. The average molecular weight is 370 g/mol. The largest absolute Gasteiger partial charge is 0.488 e. The maximum absolute atomic E-state index is 10.5. The molecule has 0 bridgehead atoms. The predicted octanol–water partition coefficient (Wildman–Crippen LogP) is 4.19. The standard InChI is InChI=1S/C14H10Br2O2/c15-9-2-1-8-7-18-13-4-3-10(16)6-12(13)14(17)11(8)5-9/h1-6,14,17H,7H2. The summed E-state index contributed by atoms with van der Waals surface area (Å²) in [5, 5.41) is 10.5. The number of ether oxygens (including phenoxy) is 1. The molecule has 2 aromatic rings. The van der Waals surface area contributed by atoms with Gasteiger partial charge in [-0.1, -0.05) is 37.9 Å². The Kier molecular flexibility index (Phi) is 3.18. The number of aliphatic hydroxyl groups excluding tert-OH is 1. The van der Waals surface area contributed by atoms with Crippen LogP contribution in [0.15, 0.2) is 45.3 Å². The topological polar surface area (TPSA) is 29.5 Å². The van der Waals surface area contributed by atoms with Gasteiger partial charge in [0.25, 0.3) is 0 Å². The maximum atomic E-state index is 10.5. The van der Waals surface area contributed by atoms with E-state index in [9.17, 15) is 5.11 Å². The van der Waals surface area contributed by atoms with Crippen molar-refractivity contribution in [3.05, 3.63) is 62.0 Å². The lowest BCUT2D eigenvalue weighted by Crippen LogP contribution is -2.01. The van der Waals surface area contributed by atoms with Gasteiger partial charge in [-0.25, -0.2) is 0 Å². The van der Waals surface area contributed by atoms with Crippen molar-refractivity contribution >= 4 is 31.9 Å². The van der Waals surface area contributed by atoms with E-state index in [0.29, 0.717) is 6.61 Å². The average Bonchev–Trinajstić information content (AvgIpc) is 2.49. The smallest absolute Gasteiger partial charge is 0.126 e. The van der Waals surface area contributed by atoms with Gasteiger partial charge in [0.2, 0.25) is 0 Å². The molecule has 2 nitrogen and oxygen atoms in total. The molecule has 0 spiro atoms. The summed E-state index contributed by atoms with van der Waals surface area (Å²) in [6, 6.07) is 11.6. The van der Waals surface area contributed by atoms with Crippen LogP contribution in [0.1, 0.15) is 22.8 Å². The minimum atomic E-state index is -0.660. The molecule has 0 saturated heterocycles. The molecule has 0 aromatic heterocycles. The van der Waals surface area contributed by atoms with E-state index >= 15 is 0 Å². The van der Waals surface area contributed by atoms with Crippen LogP contribution in [-0.2, 0) is 6.61 Å². The number of hydrogen-bond donors (Lipinski definition) is 1. The lowest BCUT2D eigenvalue weighted by Gasteiger charge is -2.13. The molecule has 1 aliphatic heterocycles. The molecule has 2 aromatic carbocycles. The molecule has 18 heavy (non-hydrogen) atoms. The van der Waals surface area contributed by atoms with Crippen LogP contribution in [0, 0.1) is 0 Å². The van der Waals surface area contributed by atoms with E-state index in [1.165, 1.54) is 0 Å². The monoisotopic (exact) mass is 368 g/mol. The Morgan fingerprint density at radius 1 is 1.00 bits per heavy atom. The summed E-state index contributed by atoms with van der Waals surface area (Å²) in [6.45, 7) is 0.480. The zero-order valence-electron chi connectivity index (χ0n) is 9.36. The van der Waals surface area contributed by atoms with Gasteiger partial charge in [-0.15, -0.1) is 0 Å². The van der Waals surface area contributed by atoms with Crippen molar-refractivity contribution in [2.45, 2.75) is 12.7 Å². The first kappa shape index (κ1) is 12.2. The van der Waals surface area contributed by atoms with Gasteiger partial charge in [0, 0.05) is 14.5 Å². The van der Waals surface area contributed by atoms with Crippen molar-refractivity contribution in [2.75, 3.05) is 0 Å². The van der Waals surface area contributed by atoms with E-state index in [2.05, 4.69) is 31.9 Å². The Morgan fingerprint density at radius 3 is 2.44 bits per heavy atom. The Labute approximate surface area is 122 Å². The van der Waals surface area contributed by atoms with Gasteiger partial charge in [0.05, 0.1) is 0 Å². The molecule has 1 heterocycles. The second kappa shape index (κ2) is 4.68. The van der Waals surface area contributed by atoms with Crippen LogP contribution >= 0.6 is 31.9 Å². The molecule has 0 radical (unpaired) electrons. The van der Waals surface area contributed by atoms with Crippen LogP contribution in [-0.4, -0.2) is 5.11 Å². The summed E-state index contributed by atoms with van der Waals surface area (Å²) in [7, 11) is 0. The maximum Gasteiger partial charge on any atom is 0.126 e. The molecular weight excluding hydrogens is 360 g/mol. The number of fused-ring (bicyclic) bond motifs is 2. The molecule has 1 aliphatic rings. The molecule has 1 atom stereocenters. The number of rotatable bonds is 0. The van der Waals surface area contributed by atoms with Crippen LogP contribution < -0.4 is 4.74 Å². The highest BCUT2D eigenvalue weighted by molar-refractivity contribution is 9.10. The van der Waals surface area contributed by atoms with Crippen molar-refractivity contribution in [1.82, 2.24) is 0 Å². The Bertz CT molecular complexity index is 557. The number of benzene rings is 2. The highest BCUT2D eigenvalue weighted by atomic mass is 79.9. The Morgan fingerprint density at radius 2 is 1.67 bits per heavy atom. The van der Waals surface area contributed by atoms with E-state index in [1.807, 2.05) is 36.4 Å². The lowest BCUT2D eigenvalue weighted by molar-refractivity contribution is 0.218. The third-order valence-electron chi connectivity index (χ3n) is 3.05.